The minimum atomic E-state index is -0.141. The van der Waals surface area contributed by atoms with Crippen LogP contribution in [0.3, 0.4) is 0 Å². The molecule has 0 radical (unpaired) electrons. The summed E-state index contributed by atoms with van der Waals surface area (Å²) < 4.78 is 13.0. The molecule has 1 aliphatic heterocycles. The zero-order valence-corrected chi connectivity index (χ0v) is 19.1. The molecule has 1 atom stereocenters. The van der Waals surface area contributed by atoms with Crippen LogP contribution in [0.15, 0.2) is 59.9 Å². The van der Waals surface area contributed by atoms with Crippen LogP contribution in [0.1, 0.15) is 31.9 Å². The van der Waals surface area contributed by atoms with Crippen LogP contribution >= 0.6 is 11.8 Å². The van der Waals surface area contributed by atoms with Gasteiger partial charge in [0.05, 0.1) is 36.9 Å². The van der Waals surface area contributed by atoms with Gasteiger partial charge in [0, 0.05) is 12.0 Å². The van der Waals surface area contributed by atoms with Crippen molar-refractivity contribution in [3.63, 3.8) is 0 Å². The molecule has 2 heterocycles. The quantitative estimate of drug-likeness (QED) is 0.415. The summed E-state index contributed by atoms with van der Waals surface area (Å²) in [5.41, 5.74) is 2.76. The first-order chi connectivity index (χ1) is 15.5. The molecule has 0 spiro atoms. The van der Waals surface area contributed by atoms with E-state index in [-0.39, 0.29) is 23.6 Å². The van der Waals surface area contributed by atoms with Crippen molar-refractivity contribution in [3.8, 4) is 22.8 Å². The van der Waals surface area contributed by atoms with E-state index < -0.39 is 0 Å². The van der Waals surface area contributed by atoms with Crippen LogP contribution in [0.25, 0.3) is 11.3 Å². The Morgan fingerprint density at radius 2 is 1.91 bits per heavy atom. The lowest BCUT2D eigenvalue weighted by Crippen LogP contribution is -2.33. The highest BCUT2D eigenvalue weighted by Crippen LogP contribution is 2.34. The van der Waals surface area contributed by atoms with Crippen LogP contribution in [-0.2, 0) is 4.79 Å². The topological polar surface area (TPSA) is 91.4 Å². The Kier molecular flexibility index (Phi) is 6.90. The van der Waals surface area contributed by atoms with Gasteiger partial charge in [0.25, 0.3) is 0 Å². The summed E-state index contributed by atoms with van der Waals surface area (Å²) in [6.45, 7) is 5.44. The summed E-state index contributed by atoms with van der Waals surface area (Å²) in [5, 5.41) is 3.74. The van der Waals surface area contributed by atoms with Crippen LogP contribution < -0.4 is 20.6 Å². The van der Waals surface area contributed by atoms with Crippen molar-refractivity contribution in [2.45, 2.75) is 31.5 Å². The summed E-state index contributed by atoms with van der Waals surface area (Å²) in [5.74, 6) is 7.88. The minimum Gasteiger partial charge on any atom is -0.490 e. The number of ether oxygens (including phenoxy) is 2. The molecular formula is C24H28N4O3S. The first-order valence-corrected chi connectivity index (χ1v) is 11.7. The molecule has 7 nitrogen and oxygen atoms in total. The van der Waals surface area contributed by atoms with Crippen molar-refractivity contribution < 1.29 is 14.3 Å². The Balaban J connectivity index is 1.41. The number of aromatic nitrogens is 2. The molecule has 1 unspecified atom stereocenters. The number of nitrogens with one attached hydrogen (secondary N) is 1. The van der Waals surface area contributed by atoms with E-state index in [1.54, 1.807) is 6.20 Å². The molecule has 0 bridgehead atoms. The molecule has 8 heteroatoms. The fourth-order valence-corrected chi connectivity index (χ4v) is 4.29. The van der Waals surface area contributed by atoms with Crippen molar-refractivity contribution in [2.75, 3.05) is 24.8 Å². The summed E-state index contributed by atoms with van der Waals surface area (Å²) in [4.78, 5) is 17.3. The number of thioether (sulfide) groups is 1. The molecule has 0 saturated heterocycles. The summed E-state index contributed by atoms with van der Waals surface area (Å²) in [6, 6.07) is 15.6. The SMILES string of the molecule is CC(C)C(NC(=O)CSc1nc(-c2ccccc2)cn1N)c1ccc2c(c1)OCCCO2. The van der Waals surface area contributed by atoms with E-state index in [9.17, 15) is 4.79 Å². The molecule has 168 valence electrons. The van der Waals surface area contributed by atoms with Gasteiger partial charge in [-0.2, -0.15) is 0 Å². The summed E-state index contributed by atoms with van der Waals surface area (Å²) in [7, 11) is 0. The van der Waals surface area contributed by atoms with Crippen molar-refractivity contribution in [3.05, 3.63) is 60.3 Å². The van der Waals surface area contributed by atoms with E-state index in [2.05, 4.69) is 24.1 Å². The fourth-order valence-electron chi connectivity index (χ4n) is 3.58. The van der Waals surface area contributed by atoms with Gasteiger partial charge in [0.1, 0.15) is 0 Å². The molecule has 32 heavy (non-hydrogen) atoms. The lowest BCUT2D eigenvalue weighted by atomic mass is 9.95. The maximum absolute atomic E-state index is 12.8. The zero-order chi connectivity index (χ0) is 22.5. The van der Waals surface area contributed by atoms with Crippen molar-refractivity contribution in [1.29, 1.82) is 0 Å². The number of nitrogen functional groups attached to an aromatic ring is 1. The second-order valence-electron chi connectivity index (χ2n) is 8.02. The number of amides is 1. The number of fused-ring (bicyclic) bond motifs is 1. The fraction of sp³-hybridized carbons (Fsp3) is 0.333. The lowest BCUT2D eigenvalue weighted by Gasteiger charge is -2.24. The third-order valence-corrected chi connectivity index (χ3v) is 6.18. The average molecular weight is 453 g/mol. The second kappa shape index (κ2) is 9.99. The van der Waals surface area contributed by atoms with E-state index in [0.29, 0.717) is 18.4 Å². The van der Waals surface area contributed by atoms with Crippen LogP contribution in [0.2, 0.25) is 0 Å². The maximum Gasteiger partial charge on any atom is 0.230 e. The van der Waals surface area contributed by atoms with Crippen LogP contribution in [0, 0.1) is 5.92 Å². The van der Waals surface area contributed by atoms with Gasteiger partial charge < -0.3 is 20.6 Å². The maximum atomic E-state index is 12.8. The van der Waals surface area contributed by atoms with Gasteiger partial charge in [-0.1, -0.05) is 62.0 Å². The molecule has 1 aliphatic rings. The Labute approximate surface area is 192 Å². The molecule has 0 aliphatic carbocycles. The Bertz CT molecular complexity index is 1070. The van der Waals surface area contributed by atoms with Crippen LogP contribution in [-0.4, -0.2) is 34.5 Å². The Hall–Kier alpha value is -3.13. The van der Waals surface area contributed by atoms with Gasteiger partial charge in [0.15, 0.2) is 16.7 Å². The monoisotopic (exact) mass is 452 g/mol. The van der Waals surface area contributed by atoms with Crippen LogP contribution in [0.4, 0.5) is 0 Å². The van der Waals surface area contributed by atoms with Crippen LogP contribution in [0.5, 0.6) is 11.5 Å². The first-order valence-electron chi connectivity index (χ1n) is 10.7. The molecule has 3 N–H and O–H groups in total. The first kappa shape index (κ1) is 22.1. The van der Waals surface area contributed by atoms with Gasteiger partial charge >= 0.3 is 0 Å². The molecular weight excluding hydrogens is 424 g/mol. The van der Waals surface area contributed by atoms with Gasteiger partial charge in [-0.05, 0) is 23.6 Å². The lowest BCUT2D eigenvalue weighted by molar-refractivity contribution is -0.119. The highest BCUT2D eigenvalue weighted by Gasteiger charge is 2.21. The third kappa shape index (κ3) is 5.19. The molecule has 1 amide bonds. The van der Waals surface area contributed by atoms with Crippen molar-refractivity contribution in [2.24, 2.45) is 5.92 Å². The van der Waals surface area contributed by atoms with E-state index in [0.717, 1.165) is 34.7 Å². The predicted molar refractivity (Wildman–Crippen MR) is 126 cm³/mol. The third-order valence-electron chi connectivity index (χ3n) is 5.21. The number of imidazole rings is 1. The number of hydrogen-bond acceptors (Lipinski definition) is 6. The molecule has 1 aromatic heterocycles. The second-order valence-corrected chi connectivity index (χ2v) is 8.96. The number of benzene rings is 2. The number of carbonyl (C=O) groups is 1. The number of nitrogens with two attached hydrogens (primary N) is 1. The highest BCUT2D eigenvalue weighted by atomic mass is 32.2. The van der Waals surface area contributed by atoms with Gasteiger partial charge in [0.2, 0.25) is 5.91 Å². The molecule has 0 saturated carbocycles. The van der Waals surface area contributed by atoms with E-state index >= 15 is 0 Å². The van der Waals surface area contributed by atoms with E-state index in [1.807, 2.05) is 48.5 Å². The highest BCUT2D eigenvalue weighted by molar-refractivity contribution is 7.99. The standard InChI is InChI=1S/C24H28N4O3S/c1-16(2)23(18-9-10-20-21(13-18)31-12-6-11-30-20)27-22(29)15-32-24-26-19(14-28(24)25)17-7-4-3-5-8-17/h3-5,7-10,13-14,16,23H,6,11-12,15,25H2,1-2H3,(H,27,29). The number of rotatable bonds is 7. The molecule has 0 fully saturated rings. The van der Waals surface area contributed by atoms with Crippen molar-refractivity contribution >= 4 is 17.7 Å². The van der Waals surface area contributed by atoms with Gasteiger partial charge in [-0.25, -0.2) is 9.66 Å². The van der Waals surface area contributed by atoms with Gasteiger partial charge in [-0.3, -0.25) is 4.79 Å². The number of carbonyl (C=O) groups excluding carboxylic acids is 1. The Morgan fingerprint density at radius 1 is 1.16 bits per heavy atom. The predicted octanol–water partition coefficient (Wildman–Crippen LogP) is 4.03. The zero-order valence-electron chi connectivity index (χ0n) is 18.3. The normalized spacial score (nSPS) is 14.1. The minimum absolute atomic E-state index is 0.0786. The van der Waals surface area contributed by atoms with Gasteiger partial charge in [-0.15, -0.1) is 0 Å². The van der Waals surface area contributed by atoms with E-state index in [1.165, 1.54) is 16.4 Å². The largest absolute Gasteiger partial charge is 0.490 e. The van der Waals surface area contributed by atoms with Crippen molar-refractivity contribution in [1.82, 2.24) is 15.0 Å². The Morgan fingerprint density at radius 3 is 2.66 bits per heavy atom. The summed E-state index contributed by atoms with van der Waals surface area (Å²) >= 11 is 1.32. The number of nitrogens with zero attached hydrogens (tertiary/aromatic N) is 2. The number of hydrogen-bond donors (Lipinski definition) is 2. The molecule has 3 aromatic rings. The summed E-state index contributed by atoms with van der Waals surface area (Å²) in [6.07, 6.45) is 2.62. The average Bonchev–Trinajstić information content (AvgIpc) is 3.01. The smallest absolute Gasteiger partial charge is 0.230 e. The van der Waals surface area contributed by atoms with E-state index in [4.69, 9.17) is 15.3 Å². The molecule has 2 aromatic carbocycles. The molecule has 4 rings (SSSR count).